The van der Waals surface area contributed by atoms with E-state index in [1.165, 1.54) is 0 Å². The summed E-state index contributed by atoms with van der Waals surface area (Å²) in [4.78, 5) is 0. The predicted octanol–water partition coefficient (Wildman–Crippen LogP) is 1.82. The summed E-state index contributed by atoms with van der Waals surface area (Å²) in [7, 11) is 0. The van der Waals surface area contributed by atoms with Gasteiger partial charge in [-0.3, -0.25) is 0 Å². The molecule has 12 heavy (non-hydrogen) atoms. The SMILES string of the molecule is Cc1cc(N)n(CCC(C)C)n1. The van der Waals surface area contributed by atoms with Crippen LogP contribution in [0.25, 0.3) is 0 Å². The maximum atomic E-state index is 5.73. The third kappa shape index (κ3) is 2.26. The van der Waals surface area contributed by atoms with Crippen LogP contribution in [0, 0.1) is 12.8 Å². The molecule has 1 heterocycles. The second-order valence-electron chi connectivity index (χ2n) is 3.62. The molecule has 0 atom stereocenters. The number of aromatic nitrogens is 2. The monoisotopic (exact) mass is 167 g/mol. The van der Waals surface area contributed by atoms with Gasteiger partial charge in [-0.05, 0) is 19.3 Å². The average Bonchev–Trinajstić information content (AvgIpc) is 2.26. The van der Waals surface area contributed by atoms with Crippen molar-refractivity contribution in [2.45, 2.75) is 33.7 Å². The normalized spacial score (nSPS) is 11.0. The molecule has 3 heteroatoms. The molecule has 0 radical (unpaired) electrons. The maximum Gasteiger partial charge on any atom is 0.121 e. The van der Waals surface area contributed by atoms with E-state index < -0.39 is 0 Å². The summed E-state index contributed by atoms with van der Waals surface area (Å²) in [6, 6.07) is 1.90. The molecule has 0 bridgehead atoms. The molecular formula is C9H17N3. The van der Waals surface area contributed by atoms with E-state index >= 15 is 0 Å². The van der Waals surface area contributed by atoms with Gasteiger partial charge in [0, 0.05) is 12.6 Å². The van der Waals surface area contributed by atoms with Gasteiger partial charge >= 0.3 is 0 Å². The van der Waals surface area contributed by atoms with Gasteiger partial charge in [0.25, 0.3) is 0 Å². The Kier molecular flexibility index (Phi) is 2.74. The van der Waals surface area contributed by atoms with Crippen molar-refractivity contribution in [3.63, 3.8) is 0 Å². The van der Waals surface area contributed by atoms with Crippen LogP contribution in [0.1, 0.15) is 26.0 Å². The number of nitrogens with two attached hydrogens (primary N) is 1. The number of aryl methyl sites for hydroxylation is 2. The summed E-state index contributed by atoms with van der Waals surface area (Å²) in [5, 5.41) is 4.27. The van der Waals surface area contributed by atoms with Gasteiger partial charge in [0.05, 0.1) is 5.69 Å². The molecule has 1 aromatic heterocycles. The molecule has 0 amide bonds. The number of nitrogen functional groups attached to an aromatic ring is 1. The topological polar surface area (TPSA) is 43.8 Å². The molecule has 2 N–H and O–H groups in total. The van der Waals surface area contributed by atoms with Crippen LogP contribution in [0.4, 0.5) is 5.82 Å². The Morgan fingerprint density at radius 2 is 2.25 bits per heavy atom. The van der Waals surface area contributed by atoms with Crippen molar-refractivity contribution in [3.05, 3.63) is 11.8 Å². The Labute approximate surface area is 73.6 Å². The first kappa shape index (κ1) is 9.10. The van der Waals surface area contributed by atoms with Gasteiger partial charge in [-0.2, -0.15) is 5.10 Å². The summed E-state index contributed by atoms with van der Waals surface area (Å²) >= 11 is 0. The average molecular weight is 167 g/mol. The minimum atomic E-state index is 0.703. The van der Waals surface area contributed by atoms with Gasteiger partial charge in [0.15, 0.2) is 0 Å². The lowest BCUT2D eigenvalue weighted by molar-refractivity contribution is 0.490. The minimum Gasteiger partial charge on any atom is -0.384 e. The van der Waals surface area contributed by atoms with Crippen LogP contribution in [0.3, 0.4) is 0 Å². The summed E-state index contributed by atoms with van der Waals surface area (Å²) in [5.74, 6) is 1.47. The molecule has 0 aliphatic rings. The van der Waals surface area contributed by atoms with E-state index in [9.17, 15) is 0 Å². The maximum absolute atomic E-state index is 5.73. The van der Waals surface area contributed by atoms with Gasteiger partial charge in [-0.1, -0.05) is 13.8 Å². The van der Waals surface area contributed by atoms with Gasteiger partial charge in [0.2, 0.25) is 0 Å². The van der Waals surface area contributed by atoms with Gasteiger partial charge in [0.1, 0.15) is 5.82 Å². The fraction of sp³-hybridized carbons (Fsp3) is 0.667. The van der Waals surface area contributed by atoms with Crippen LogP contribution >= 0.6 is 0 Å². The van der Waals surface area contributed by atoms with Gasteiger partial charge in [-0.25, -0.2) is 4.68 Å². The molecule has 1 rings (SSSR count). The Hall–Kier alpha value is -0.990. The molecule has 0 aliphatic heterocycles. The molecule has 0 fully saturated rings. The van der Waals surface area contributed by atoms with Crippen LogP contribution in [-0.4, -0.2) is 9.78 Å². The third-order valence-electron chi connectivity index (χ3n) is 1.85. The first-order valence-corrected chi connectivity index (χ1v) is 4.39. The summed E-state index contributed by atoms with van der Waals surface area (Å²) < 4.78 is 1.87. The molecule has 0 saturated carbocycles. The van der Waals surface area contributed by atoms with Gasteiger partial charge < -0.3 is 5.73 Å². The smallest absolute Gasteiger partial charge is 0.121 e. The lowest BCUT2D eigenvalue weighted by atomic mass is 10.1. The van der Waals surface area contributed by atoms with Crippen LogP contribution in [0.15, 0.2) is 6.07 Å². The third-order valence-corrected chi connectivity index (χ3v) is 1.85. The fourth-order valence-corrected chi connectivity index (χ4v) is 1.13. The first-order valence-electron chi connectivity index (χ1n) is 4.39. The summed E-state index contributed by atoms with van der Waals surface area (Å²) in [5.41, 5.74) is 6.72. The van der Waals surface area contributed by atoms with E-state index in [4.69, 9.17) is 5.73 Å². The Bertz CT molecular complexity index is 250. The zero-order chi connectivity index (χ0) is 9.14. The molecule has 0 aromatic carbocycles. The molecular weight excluding hydrogens is 150 g/mol. The van der Waals surface area contributed by atoms with Crippen molar-refractivity contribution >= 4 is 5.82 Å². The molecule has 68 valence electrons. The molecule has 0 aliphatic carbocycles. The van der Waals surface area contributed by atoms with Crippen LogP contribution in [0.2, 0.25) is 0 Å². The van der Waals surface area contributed by atoms with E-state index in [0.29, 0.717) is 5.92 Å². The quantitative estimate of drug-likeness (QED) is 0.746. The van der Waals surface area contributed by atoms with E-state index in [0.717, 1.165) is 24.5 Å². The van der Waals surface area contributed by atoms with E-state index in [1.54, 1.807) is 0 Å². The molecule has 0 spiro atoms. The highest BCUT2D eigenvalue weighted by atomic mass is 15.3. The number of hydrogen-bond donors (Lipinski definition) is 1. The second kappa shape index (κ2) is 3.61. The second-order valence-corrected chi connectivity index (χ2v) is 3.62. The van der Waals surface area contributed by atoms with Crippen molar-refractivity contribution in [1.29, 1.82) is 0 Å². The molecule has 0 saturated heterocycles. The zero-order valence-electron chi connectivity index (χ0n) is 8.04. The van der Waals surface area contributed by atoms with Crippen molar-refractivity contribution in [2.75, 3.05) is 5.73 Å². The largest absolute Gasteiger partial charge is 0.384 e. The minimum absolute atomic E-state index is 0.703. The number of rotatable bonds is 3. The lowest BCUT2D eigenvalue weighted by Gasteiger charge is -2.05. The molecule has 1 aromatic rings. The van der Waals surface area contributed by atoms with Crippen molar-refractivity contribution in [3.8, 4) is 0 Å². The van der Waals surface area contributed by atoms with E-state index in [2.05, 4.69) is 18.9 Å². The highest BCUT2D eigenvalue weighted by Crippen LogP contribution is 2.08. The highest BCUT2D eigenvalue weighted by molar-refractivity contribution is 5.29. The first-order chi connectivity index (χ1) is 5.59. The van der Waals surface area contributed by atoms with Gasteiger partial charge in [-0.15, -0.1) is 0 Å². The summed E-state index contributed by atoms with van der Waals surface area (Å²) in [6.45, 7) is 7.29. The highest BCUT2D eigenvalue weighted by Gasteiger charge is 2.01. The molecule has 3 nitrogen and oxygen atoms in total. The fourth-order valence-electron chi connectivity index (χ4n) is 1.13. The number of hydrogen-bond acceptors (Lipinski definition) is 2. The Morgan fingerprint density at radius 1 is 1.58 bits per heavy atom. The Balaban J connectivity index is 2.57. The Morgan fingerprint density at radius 3 is 2.67 bits per heavy atom. The van der Waals surface area contributed by atoms with Crippen molar-refractivity contribution in [2.24, 2.45) is 5.92 Å². The van der Waals surface area contributed by atoms with Crippen LogP contribution in [0.5, 0.6) is 0 Å². The van der Waals surface area contributed by atoms with Crippen molar-refractivity contribution < 1.29 is 0 Å². The van der Waals surface area contributed by atoms with E-state index in [-0.39, 0.29) is 0 Å². The lowest BCUT2D eigenvalue weighted by Crippen LogP contribution is -2.06. The standard InChI is InChI=1S/C9H17N3/c1-7(2)4-5-12-9(10)6-8(3)11-12/h6-7H,4-5,10H2,1-3H3. The molecule has 0 unspecified atom stereocenters. The number of nitrogens with zero attached hydrogens (tertiary/aromatic N) is 2. The predicted molar refractivity (Wildman–Crippen MR) is 50.8 cm³/mol. The van der Waals surface area contributed by atoms with Crippen LogP contribution in [-0.2, 0) is 6.54 Å². The van der Waals surface area contributed by atoms with Crippen LogP contribution < -0.4 is 5.73 Å². The number of anilines is 1. The summed E-state index contributed by atoms with van der Waals surface area (Å²) in [6.07, 6.45) is 1.13. The van der Waals surface area contributed by atoms with Crippen molar-refractivity contribution in [1.82, 2.24) is 9.78 Å². The zero-order valence-corrected chi connectivity index (χ0v) is 8.04. The van der Waals surface area contributed by atoms with E-state index in [1.807, 2.05) is 17.7 Å².